The molecule has 0 atom stereocenters. The molecule has 0 bridgehead atoms. The average Bonchev–Trinajstić information content (AvgIpc) is 2.38. The molecule has 0 saturated heterocycles. The van der Waals surface area contributed by atoms with Gasteiger partial charge in [0.05, 0.1) is 7.11 Å². The predicted molar refractivity (Wildman–Crippen MR) is 60.4 cm³/mol. The van der Waals surface area contributed by atoms with E-state index in [0.717, 1.165) is 18.7 Å². The first-order chi connectivity index (χ1) is 6.69. The van der Waals surface area contributed by atoms with Crippen molar-refractivity contribution in [2.45, 2.75) is 33.6 Å². The van der Waals surface area contributed by atoms with Gasteiger partial charge in [0.15, 0.2) is 0 Å². The molecule has 0 radical (unpaired) electrons. The molecule has 0 aromatic carbocycles. The van der Waals surface area contributed by atoms with E-state index < -0.39 is 0 Å². The largest absolute Gasteiger partial charge is 0.481 e. The lowest BCUT2D eigenvalue weighted by Gasteiger charge is -2.14. The first kappa shape index (κ1) is 11.0. The Morgan fingerprint density at radius 3 is 2.71 bits per heavy atom. The third kappa shape index (κ3) is 2.47. The van der Waals surface area contributed by atoms with E-state index in [0.29, 0.717) is 5.92 Å². The SMILES string of the molecule is CCC1=CC=NC(OC)=C(C(C)C)C1. The number of rotatable bonds is 3. The highest BCUT2D eigenvalue weighted by Gasteiger charge is 2.14. The normalized spacial score (nSPS) is 17.1. The molecule has 0 fully saturated rings. The third-order valence-electron chi connectivity index (χ3n) is 2.54. The Balaban J connectivity index is 2.98. The molecular weight excluding hydrogens is 174 g/mol. The van der Waals surface area contributed by atoms with E-state index in [9.17, 15) is 0 Å². The maximum absolute atomic E-state index is 5.29. The highest BCUT2D eigenvalue weighted by atomic mass is 16.5. The Morgan fingerprint density at radius 2 is 2.21 bits per heavy atom. The van der Waals surface area contributed by atoms with Crippen LogP contribution in [0.25, 0.3) is 0 Å². The van der Waals surface area contributed by atoms with Gasteiger partial charge in [0.2, 0.25) is 5.88 Å². The van der Waals surface area contributed by atoms with Gasteiger partial charge in [-0.2, -0.15) is 0 Å². The summed E-state index contributed by atoms with van der Waals surface area (Å²) in [5.41, 5.74) is 2.72. The molecule has 78 valence electrons. The van der Waals surface area contributed by atoms with Gasteiger partial charge in [-0.05, 0) is 30.4 Å². The van der Waals surface area contributed by atoms with E-state index in [1.165, 1.54) is 11.1 Å². The fraction of sp³-hybridized carbons (Fsp3) is 0.583. The molecule has 14 heavy (non-hydrogen) atoms. The van der Waals surface area contributed by atoms with Gasteiger partial charge < -0.3 is 4.74 Å². The molecule has 2 nitrogen and oxygen atoms in total. The fourth-order valence-electron chi connectivity index (χ4n) is 1.55. The van der Waals surface area contributed by atoms with Crippen LogP contribution in [-0.2, 0) is 4.74 Å². The molecule has 0 aliphatic carbocycles. The van der Waals surface area contributed by atoms with Gasteiger partial charge in [-0.15, -0.1) is 0 Å². The molecule has 0 N–H and O–H groups in total. The highest BCUT2D eigenvalue weighted by molar-refractivity contribution is 5.74. The van der Waals surface area contributed by atoms with Gasteiger partial charge in [-0.3, -0.25) is 0 Å². The minimum atomic E-state index is 0.496. The second-order valence-electron chi connectivity index (χ2n) is 3.82. The number of aliphatic imine (C=N–C) groups is 1. The molecule has 0 aromatic heterocycles. The molecule has 1 aliphatic rings. The third-order valence-corrected chi connectivity index (χ3v) is 2.54. The van der Waals surface area contributed by atoms with Crippen molar-refractivity contribution in [3.63, 3.8) is 0 Å². The quantitative estimate of drug-likeness (QED) is 0.673. The van der Waals surface area contributed by atoms with E-state index in [-0.39, 0.29) is 0 Å². The number of hydrogen-bond donors (Lipinski definition) is 0. The lowest BCUT2D eigenvalue weighted by Crippen LogP contribution is -2.00. The Morgan fingerprint density at radius 1 is 1.50 bits per heavy atom. The Labute approximate surface area is 86.4 Å². The van der Waals surface area contributed by atoms with Crippen LogP contribution in [0.2, 0.25) is 0 Å². The van der Waals surface area contributed by atoms with Crippen LogP contribution in [0, 0.1) is 5.92 Å². The topological polar surface area (TPSA) is 21.6 Å². The minimum absolute atomic E-state index is 0.496. The van der Waals surface area contributed by atoms with E-state index >= 15 is 0 Å². The summed E-state index contributed by atoms with van der Waals surface area (Å²) in [7, 11) is 1.69. The minimum Gasteiger partial charge on any atom is -0.481 e. The monoisotopic (exact) mass is 193 g/mol. The Kier molecular flexibility index (Phi) is 3.93. The van der Waals surface area contributed by atoms with Crippen LogP contribution in [0.1, 0.15) is 33.6 Å². The molecule has 1 heterocycles. The average molecular weight is 193 g/mol. The Hall–Kier alpha value is -1.05. The summed E-state index contributed by atoms with van der Waals surface area (Å²) in [6.45, 7) is 6.54. The van der Waals surface area contributed by atoms with Crippen LogP contribution < -0.4 is 0 Å². The van der Waals surface area contributed by atoms with Crippen LogP contribution in [-0.4, -0.2) is 13.3 Å². The summed E-state index contributed by atoms with van der Waals surface area (Å²) >= 11 is 0. The van der Waals surface area contributed by atoms with Gasteiger partial charge in [-0.1, -0.05) is 26.3 Å². The van der Waals surface area contributed by atoms with Gasteiger partial charge in [-0.25, -0.2) is 4.99 Å². The molecule has 2 heteroatoms. The zero-order valence-corrected chi connectivity index (χ0v) is 9.50. The lowest BCUT2D eigenvalue weighted by molar-refractivity contribution is 0.279. The van der Waals surface area contributed by atoms with E-state index in [4.69, 9.17) is 4.74 Å². The van der Waals surface area contributed by atoms with E-state index in [1.54, 1.807) is 7.11 Å². The fourth-order valence-corrected chi connectivity index (χ4v) is 1.55. The van der Waals surface area contributed by atoms with Crippen LogP contribution in [0.3, 0.4) is 0 Å². The van der Waals surface area contributed by atoms with Crippen LogP contribution in [0.5, 0.6) is 0 Å². The van der Waals surface area contributed by atoms with Gasteiger partial charge >= 0.3 is 0 Å². The Bertz CT molecular complexity index is 285. The van der Waals surface area contributed by atoms with Crippen molar-refractivity contribution in [2.75, 3.05) is 7.11 Å². The molecule has 0 saturated carbocycles. The number of hydrogen-bond acceptors (Lipinski definition) is 2. The van der Waals surface area contributed by atoms with Crippen molar-refractivity contribution in [1.29, 1.82) is 0 Å². The van der Waals surface area contributed by atoms with Crippen molar-refractivity contribution in [3.05, 3.63) is 23.1 Å². The molecule has 0 spiro atoms. The second-order valence-corrected chi connectivity index (χ2v) is 3.82. The number of ether oxygens (including phenoxy) is 1. The molecule has 1 aliphatic heterocycles. The standard InChI is InChI=1S/C12H19NO/c1-5-10-6-7-13-12(14-4)11(8-10)9(2)3/h6-7,9H,5,8H2,1-4H3. The predicted octanol–water partition coefficient (Wildman–Crippen LogP) is 3.31. The zero-order chi connectivity index (χ0) is 10.6. The van der Waals surface area contributed by atoms with Gasteiger partial charge in [0.25, 0.3) is 0 Å². The highest BCUT2D eigenvalue weighted by Crippen LogP contribution is 2.26. The second kappa shape index (κ2) is 4.99. The van der Waals surface area contributed by atoms with Gasteiger partial charge in [0, 0.05) is 6.21 Å². The van der Waals surface area contributed by atoms with E-state index in [2.05, 4.69) is 31.8 Å². The summed E-state index contributed by atoms with van der Waals surface area (Å²) in [6, 6.07) is 0. The maximum Gasteiger partial charge on any atom is 0.212 e. The molecular formula is C12H19NO. The van der Waals surface area contributed by atoms with Crippen molar-refractivity contribution < 1.29 is 4.74 Å². The summed E-state index contributed by atoms with van der Waals surface area (Å²) in [5, 5.41) is 0. The van der Waals surface area contributed by atoms with Crippen molar-refractivity contribution in [1.82, 2.24) is 0 Å². The summed E-state index contributed by atoms with van der Waals surface area (Å²) in [6.07, 6.45) is 6.01. The van der Waals surface area contributed by atoms with Crippen LogP contribution in [0.15, 0.2) is 28.1 Å². The molecule has 0 unspecified atom stereocenters. The van der Waals surface area contributed by atoms with Gasteiger partial charge in [0.1, 0.15) is 0 Å². The first-order valence-electron chi connectivity index (χ1n) is 5.18. The van der Waals surface area contributed by atoms with E-state index in [1.807, 2.05) is 6.21 Å². The zero-order valence-electron chi connectivity index (χ0n) is 9.50. The van der Waals surface area contributed by atoms with Crippen molar-refractivity contribution in [2.24, 2.45) is 10.9 Å². The summed E-state index contributed by atoms with van der Waals surface area (Å²) in [5.74, 6) is 1.29. The first-order valence-corrected chi connectivity index (χ1v) is 5.18. The van der Waals surface area contributed by atoms with Crippen molar-refractivity contribution >= 4 is 6.21 Å². The number of methoxy groups -OCH3 is 1. The summed E-state index contributed by atoms with van der Waals surface area (Å²) in [4.78, 5) is 4.30. The van der Waals surface area contributed by atoms with Crippen LogP contribution >= 0.6 is 0 Å². The molecule has 1 rings (SSSR count). The lowest BCUT2D eigenvalue weighted by atomic mass is 9.95. The number of nitrogens with zero attached hydrogens (tertiary/aromatic N) is 1. The summed E-state index contributed by atoms with van der Waals surface area (Å²) < 4.78 is 5.29. The molecule has 0 amide bonds. The molecule has 0 aromatic rings. The number of allylic oxidation sites excluding steroid dienone is 3. The van der Waals surface area contributed by atoms with Crippen LogP contribution in [0.4, 0.5) is 0 Å². The maximum atomic E-state index is 5.29. The van der Waals surface area contributed by atoms with Crippen molar-refractivity contribution in [3.8, 4) is 0 Å². The smallest absolute Gasteiger partial charge is 0.212 e.